The quantitative estimate of drug-likeness (QED) is 0.768. The molecule has 0 spiro atoms. The fourth-order valence-electron chi connectivity index (χ4n) is 3.30. The fraction of sp³-hybridized carbons (Fsp3) is 0.190. The Kier molecular flexibility index (Phi) is 4.61. The van der Waals surface area contributed by atoms with Crippen molar-refractivity contribution in [1.29, 1.82) is 0 Å². The summed E-state index contributed by atoms with van der Waals surface area (Å²) in [6.45, 7) is 4.68. The van der Waals surface area contributed by atoms with Crippen LogP contribution in [-0.2, 0) is 6.54 Å². The third kappa shape index (κ3) is 3.15. The SMILES string of the molecule is COc1ccc(-c2c(C(N)=O)c(C)n(Cc3ccccc3)c2C)cc1. The van der Waals surface area contributed by atoms with E-state index >= 15 is 0 Å². The topological polar surface area (TPSA) is 57.2 Å². The second-order valence-corrected chi connectivity index (χ2v) is 6.09. The van der Waals surface area contributed by atoms with Crippen molar-refractivity contribution in [3.8, 4) is 16.9 Å². The molecule has 1 amide bonds. The summed E-state index contributed by atoms with van der Waals surface area (Å²) in [6, 6.07) is 17.9. The van der Waals surface area contributed by atoms with E-state index < -0.39 is 5.91 Å². The first-order chi connectivity index (χ1) is 12.0. The van der Waals surface area contributed by atoms with Crippen LogP contribution in [0.2, 0.25) is 0 Å². The second-order valence-electron chi connectivity index (χ2n) is 6.09. The summed E-state index contributed by atoms with van der Waals surface area (Å²) in [5.74, 6) is 0.376. The van der Waals surface area contributed by atoms with E-state index in [1.807, 2.05) is 56.3 Å². The number of nitrogens with two attached hydrogens (primary N) is 1. The number of rotatable bonds is 5. The zero-order chi connectivity index (χ0) is 18.0. The molecular formula is C21H22N2O2. The van der Waals surface area contributed by atoms with Crippen LogP contribution < -0.4 is 10.5 Å². The van der Waals surface area contributed by atoms with Gasteiger partial charge in [0.15, 0.2) is 0 Å². The molecule has 0 bridgehead atoms. The van der Waals surface area contributed by atoms with Gasteiger partial charge >= 0.3 is 0 Å². The Bertz CT molecular complexity index is 894. The van der Waals surface area contributed by atoms with Gasteiger partial charge in [-0.25, -0.2) is 0 Å². The van der Waals surface area contributed by atoms with E-state index in [9.17, 15) is 4.79 Å². The molecule has 2 N–H and O–H groups in total. The first kappa shape index (κ1) is 16.8. The van der Waals surface area contributed by atoms with E-state index in [1.165, 1.54) is 5.56 Å². The van der Waals surface area contributed by atoms with E-state index in [4.69, 9.17) is 10.5 Å². The number of primary amides is 1. The van der Waals surface area contributed by atoms with Crippen molar-refractivity contribution in [1.82, 2.24) is 4.57 Å². The minimum atomic E-state index is -0.404. The molecule has 0 saturated carbocycles. The summed E-state index contributed by atoms with van der Waals surface area (Å²) in [5, 5.41) is 0. The number of methoxy groups -OCH3 is 1. The van der Waals surface area contributed by atoms with Gasteiger partial charge in [-0.2, -0.15) is 0 Å². The largest absolute Gasteiger partial charge is 0.497 e. The maximum absolute atomic E-state index is 12.1. The minimum Gasteiger partial charge on any atom is -0.497 e. The Hall–Kier alpha value is -3.01. The molecule has 1 aromatic heterocycles. The fourth-order valence-corrected chi connectivity index (χ4v) is 3.30. The maximum atomic E-state index is 12.1. The lowest BCUT2D eigenvalue weighted by Crippen LogP contribution is -2.13. The van der Waals surface area contributed by atoms with Crippen LogP contribution in [0.25, 0.3) is 11.1 Å². The highest BCUT2D eigenvalue weighted by Gasteiger charge is 2.22. The van der Waals surface area contributed by atoms with Gasteiger partial charge in [0, 0.05) is 23.5 Å². The highest BCUT2D eigenvalue weighted by atomic mass is 16.5. The van der Waals surface area contributed by atoms with Crippen LogP contribution in [0, 0.1) is 13.8 Å². The summed E-state index contributed by atoms with van der Waals surface area (Å²) in [5.41, 5.74) is 11.2. The Morgan fingerprint density at radius 2 is 1.64 bits per heavy atom. The highest BCUT2D eigenvalue weighted by molar-refractivity contribution is 6.02. The van der Waals surface area contributed by atoms with E-state index in [-0.39, 0.29) is 0 Å². The average Bonchev–Trinajstić information content (AvgIpc) is 2.87. The van der Waals surface area contributed by atoms with Crippen LogP contribution in [0.3, 0.4) is 0 Å². The molecule has 3 aromatic rings. The maximum Gasteiger partial charge on any atom is 0.251 e. The average molecular weight is 334 g/mol. The molecule has 0 aliphatic rings. The number of ether oxygens (including phenoxy) is 1. The number of amides is 1. The van der Waals surface area contributed by atoms with Gasteiger partial charge in [0.1, 0.15) is 5.75 Å². The molecule has 0 fully saturated rings. The van der Waals surface area contributed by atoms with Crippen LogP contribution in [-0.4, -0.2) is 17.6 Å². The molecule has 25 heavy (non-hydrogen) atoms. The number of hydrogen-bond donors (Lipinski definition) is 1. The third-order valence-electron chi connectivity index (χ3n) is 4.59. The summed E-state index contributed by atoms with van der Waals surface area (Å²) in [7, 11) is 1.63. The molecule has 0 unspecified atom stereocenters. The predicted molar refractivity (Wildman–Crippen MR) is 100.0 cm³/mol. The normalized spacial score (nSPS) is 10.7. The van der Waals surface area contributed by atoms with Crippen molar-refractivity contribution < 1.29 is 9.53 Å². The molecule has 1 heterocycles. The number of nitrogens with zero attached hydrogens (tertiary/aromatic N) is 1. The molecule has 0 atom stereocenters. The van der Waals surface area contributed by atoms with Crippen LogP contribution in [0.1, 0.15) is 27.3 Å². The number of benzene rings is 2. The van der Waals surface area contributed by atoms with E-state index in [2.05, 4.69) is 16.7 Å². The van der Waals surface area contributed by atoms with Crippen LogP contribution in [0.4, 0.5) is 0 Å². The van der Waals surface area contributed by atoms with E-state index in [0.717, 1.165) is 28.3 Å². The molecule has 2 aromatic carbocycles. The number of carbonyl (C=O) groups excluding carboxylic acids is 1. The van der Waals surface area contributed by atoms with Crippen LogP contribution in [0.5, 0.6) is 5.75 Å². The predicted octanol–water partition coefficient (Wildman–Crippen LogP) is 3.93. The molecular weight excluding hydrogens is 312 g/mol. The van der Waals surface area contributed by atoms with Crippen LogP contribution >= 0.6 is 0 Å². The third-order valence-corrected chi connectivity index (χ3v) is 4.59. The second kappa shape index (κ2) is 6.85. The van der Waals surface area contributed by atoms with Crippen molar-refractivity contribution in [2.45, 2.75) is 20.4 Å². The van der Waals surface area contributed by atoms with Gasteiger partial charge in [0.2, 0.25) is 0 Å². The Labute approximate surface area is 147 Å². The Morgan fingerprint density at radius 1 is 1.00 bits per heavy atom. The Morgan fingerprint density at radius 3 is 2.20 bits per heavy atom. The van der Waals surface area contributed by atoms with Gasteiger partial charge in [-0.15, -0.1) is 0 Å². The molecule has 4 heteroatoms. The standard InChI is InChI=1S/C21H22N2O2/c1-14-19(17-9-11-18(25-3)12-10-17)20(21(22)24)15(2)23(14)13-16-7-5-4-6-8-16/h4-12H,13H2,1-3H3,(H2,22,24). The Balaban J connectivity index is 2.14. The zero-order valence-electron chi connectivity index (χ0n) is 14.7. The van der Waals surface area contributed by atoms with Gasteiger partial charge in [-0.3, -0.25) is 4.79 Å². The van der Waals surface area contributed by atoms with Crippen molar-refractivity contribution >= 4 is 5.91 Å². The van der Waals surface area contributed by atoms with E-state index in [1.54, 1.807) is 7.11 Å². The smallest absolute Gasteiger partial charge is 0.251 e. The molecule has 3 rings (SSSR count). The lowest BCUT2D eigenvalue weighted by molar-refractivity contribution is 0.1000. The monoisotopic (exact) mass is 334 g/mol. The lowest BCUT2D eigenvalue weighted by Gasteiger charge is -2.10. The van der Waals surface area contributed by atoms with Gasteiger partial charge in [-0.1, -0.05) is 42.5 Å². The number of hydrogen-bond acceptors (Lipinski definition) is 2. The molecule has 4 nitrogen and oxygen atoms in total. The first-order valence-electron chi connectivity index (χ1n) is 8.20. The summed E-state index contributed by atoms with van der Waals surface area (Å²) in [4.78, 5) is 12.1. The van der Waals surface area contributed by atoms with Crippen molar-refractivity contribution in [2.24, 2.45) is 5.73 Å². The molecule has 0 aliphatic heterocycles. The molecule has 128 valence electrons. The zero-order valence-corrected chi connectivity index (χ0v) is 14.7. The van der Waals surface area contributed by atoms with Gasteiger partial charge in [0.05, 0.1) is 12.7 Å². The van der Waals surface area contributed by atoms with Gasteiger partial charge in [0.25, 0.3) is 5.91 Å². The van der Waals surface area contributed by atoms with Crippen molar-refractivity contribution in [3.05, 3.63) is 77.1 Å². The number of aromatic nitrogens is 1. The summed E-state index contributed by atoms with van der Waals surface area (Å²) in [6.07, 6.45) is 0. The van der Waals surface area contributed by atoms with Gasteiger partial charge < -0.3 is 15.0 Å². The number of carbonyl (C=O) groups is 1. The van der Waals surface area contributed by atoms with Crippen LogP contribution in [0.15, 0.2) is 54.6 Å². The summed E-state index contributed by atoms with van der Waals surface area (Å²) >= 11 is 0. The molecule has 0 radical (unpaired) electrons. The van der Waals surface area contributed by atoms with E-state index in [0.29, 0.717) is 12.1 Å². The minimum absolute atomic E-state index is 0.404. The van der Waals surface area contributed by atoms with Gasteiger partial charge in [-0.05, 0) is 37.1 Å². The van der Waals surface area contributed by atoms with Crippen molar-refractivity contribution in [3.63, 3.8) is 0 Å². The van der Waals surface area contributed by atoms with Crippen molar-refractivity contribution in [2.75, 3.05) is 7.11 Å². The molecule has 0 aliphatic carbocycles. The molecule has 0 saturated heterocycles. The lowest BCUT2D eigenvalue weighted by atomic mass is 10.00. The summed E-state index contributed by atoms with van der Waals surface area (Å²) < 4.78 is 7.37. The highest BCUT2D eigenvalue weighted by Crippen LogP contribution is 2.33. The first-order valence-corrected chi connectivity index (χ1v) is 8.20.